The van der Waals surface area contributed by atoms with Gasteiger partial charge in [-0.1, -0.05) is 66.3 Å². The molecule has 0 bridgehead atoms. The van der Waals surface area contributed by atoms with E-state index in [9.17, 15) is 13.2 Å². The van der Waals surface area contributed by atoms with Gasteiger partial charge in [-0.15, -0.1) is 11.8 Å². The third-order valence-electron chi connectivity index (χ3n) is 5.50. The summed E-state index contributed by atoms with van der Waals surface area (Å²) in [5.41, 5.74) is 1.77. The number of oxazole rings is 1. The molecule has 4 rings (SSSR count). The van der Waals surface area contributed by atoms with Crippen LogP contribution in [0.4, 0.5) is 5.13 Å². The van der Waals surface area contributed by atoms with Crippen LogP contribution in [0, 0.1) is 6.92 Å². The molecule has 0 saturated heterocycles. The number of benzene rings is 2. The molecule has 0 spiro atoms. The first-order valence-electron chi connectivity index (χ1n) is 11.7. The minimum Gasteiger partial charge on any atom is -0.445 e. The van der Waals surface area contributed by atoms with Gasteiger partial charge in [0.05, 0.1) is 26.7 Å². The summed E-state index contributed by atoms with van der Waals surface area (Å²) in [6.07, 6.45) is 4.37. The van der Waals surface area contributed by atoms with Crippen LogP contribution < -0.4 is 10.0 Å². The van der Waals surface area contributed by atoms with Crippen LogP contribution in [0.1, 0.15) is 41.9 Å². The normalized spacial score (nSPS) is 13.3. The van der Waals surface area contributed by atoms with Crippen molar-refractivity contribution in [1.82, 2.24) is 14.7 Å². The van der Waals surface area contributed by atoms with Gasteiger partial charge in [0.15, 0.2) is 5.13 Å². The Bertz CT molecular complexity index is 1430. The Balaban J connectivity index is 1.47. The molecule has 0 aliphatic carbocycles. The van der Waals surface area contributed by atoms with Crippen molar-refractivity contribution in [3.8, 4) is 0 Å². The van der Waals surface area contributed by atoms with Crippen LogP contribution in [0.15, 0.2) is 80.5 Å². The van der Waals surface area contributed by atoms with Crippen LogP contribution >= 0.6 is 23.1 Å². The number of carbonyl (C=O) groups is 1. The van der Waals surface area contributed by atoms with Crippen LogP contribution in [-0.4, -0.2) is 30.3 Å². The summed E-state index contributed by atoms with van der Waals surface area (Å²) in [4.78, 5) is 22.0. The highest BCUT2D eigenvalue weighted by molar-refractivity contribution is 8.01. The van der Waals surface area contributed by atoms with Gasteiger partial charge in [-0.05, 0) is 38.0 Å². The van der Waals surface area contributed by atoms with E-state index >= 15 is 0 Å². The van der Waals surface area contributed by atoms with Crippen molar-refractivity contribution in [3.63, 3.8) is 0 Å². The summed E-state index contributed by atoms with van der Waals surface area (Å²) >= 11 is 2.83. The fourth-order valence-electron chi connectivity index (χ4n) is 3.47. The maximum Gasteiger partial charge on any atom is 0.244 e. The molecule has 1 amide bonds. The van der Waals surface area contributed by atoms with Crippen LogP contribution in [0.3, 0.4) is 0 Å². The number of nitrogens with zero attached hydrogens (tertiary/aromatic N) is 2. The van der Waals surface area contributed by atoms with Gasteiger partial charge in [0.2, 0.25) is 21.8 Å². The fraction of sp³-hybridized carbons (Fsp3) is 0.269. The first-order chi connectivity index (χ1) is 17.7. The van der Waals surface area contributed by atoms with Crippen molar-refractivity contribution in [1.29, 1.82) is 0 Å². The predicted octanol–water partition coefficient (Wildman–Crippen LogP) is 5.38. The topological polar surface area (TPSA) is 114 Å². The first-order valence-corrected chi connectivity index (χ1v) is 14.9. The summed E-state index contributed by atoms with van der Waals surface area (Å²) in [5, 5.41) is 3.13. The average molecular weight is 557 g/mol. The van der Waals surface area contributed by atoms with E-state index in [2.05, 4.69) is 20.0 Å². The average Bonchev–Trinajstić information content (AvgIpc) is 3.54. The molecular formula is C26H28N4O4S3. The highest BCUT2D eigenvalue weighted by Crippen LogP contribution is 2.38. The van der Waals surface area contributed by atoms with Gasteiger partial charge in [0, 0.05) is 6.42 Å². The molecule has 194 valence electrons. The Morgan fingerprint density at radius 2 is 1.81 bits per heavy atom. The molecule has 0 saturated carbocycles. The molecule has 2 N–H and O–H groups in total. The monoisotopic (exact) mass is 556 g/mol. The molecule has 0 aliphatic rings. The number of hydrogen-bond donors (Lipinski definition) is 2. The maximum atomic E-state index is 13.3. The zero-order valence-electron chi connectivity index (χ0n) is 20.7. The first kappa shape index (κ1) is 27.1. The number of sulfonamides is 1. The second kappa shape index (κ2) is 12.0. The molecule has 2 aromatic carbocycles. The zero-order valence-corrected chi connectivity index (χ0v) is 23.1. The summed E-state index contributed by atoms with van der Waals surface area (Å²) in [5.74, 6) is 0.977. The van der Waals surface area contributed by atoms with Gasteiger partial charge in [0.1, 0.15) is 11.8 Å². The summed E-state index contributed by atoms with van der Waals surface area (Å²) in [7, 11) is -3.92. The second-order valence-corrected chi connectivity index (χ2v) is 12.8. The maximum absolute atomic E-state index is 13.3. The number of thioether (sulfide) groups is 1. The Kier molecular flexibility index (Phi) is 8.80. The van der Waals surface area contributed by atoms with Gasteiger partial charge >= 0.3 is 0 Å². The minimum atomic E-state index is -3.92. The second-order valence-electron chi connectivity index (χ2n) is 8.43. The van der Waals surface area contributed by atoms with E-state index in [0.717, 1.165) is 27.5 Å². The molecule has 0 aliphatic heterocycles. The van der Waals surface area contributed by atoms with Crippen molar-refractivity contribution < 1.29 is 17.6 Å². The van der Waals surface area contributed by atoms with E-state index < -0.39 is 22.0 Å². The van der Waals surface area contributed by atoms with Crippen LogP contribution in [0.25, 0.3) is 0 Å². The number of rotatable bonds is 11. The van der Waals surface area contributed by atoms with Crippen LogP contribution in [0.5, 0.6) is 0 Å². The highest BCUT2D eigenvalue weighted by atomic mass is 32.2. The van der Waals surface area contributed by atoms with E-state index in [1.807, 2.05) is 51.1 Å². The summed E-state index contributed by atoms with van der Waals surface area (Å²) in [6.45, 7) is 5.88. The lowest BCUT2D eigenvalue weighted by Gasteiger charge is -2.18. The SMILES string of the molecule is CCc1cnc(C(C)Sc2cnc(NC(=O)[C@H](Cc3ccccc3)NS(=O)(=O)c3ccc(C)cc3)s2)o1. The van der Waals surface area contributed by atoms with Crippen LogP contribution in [0.2, 0.25) is 0 Å². The van der Waals surface area contributed by atoms with Gasteiger partial charge in [-0.25, -0.2) is 18.4 Å². The van der Waals surface area contributed by atoms with Crippen molar-refractivity contribution in [2.75, 3.05) is 5.32 Å². The fourth-order valence-corrected chi connectivity index (χ4v) is 6.76. The molecular weight excluding hydrogens is 529 g/mol. The molecule has 37 heavy (non-hydrogen) atoms. The quantitative estimate of drug-likeness (QED) is 0.238. The molecule has 2 atom stereocenters. The lowest BCUT2D eigenvalue weighted by atomic mass is 10.1. The standard InChI is InChI=1S/C26H28N4O4S3/c1-4-20-15-27-25(34-20)18(3)35-23-16-28-26(36-23)29-24(31)22(14-19-8-6-5-7-9-19)30-37(32,33)21-12-10-17(2)11-13-21/h5-13,15-16,18,22,30H,4,14H2,1-3H3,(H,28,29,31)/t18?,22-/m0/s1. The number of carbonyl (C=O) groups excluding carboxylic acids is 1. The Morgan fingerprint density at radius 3 is 2.49 bits per heavy atom. The van der Waals surface area contributed by atoms with Gasteiger partial charge in [-0.3, -0.25) is 4.79 Å². The van der Waals surface area contributed by atoms with E-state index in [1.54, 1.807) is 24.5 Å². The lowest BCUT2D eigenvalue weighted by Crippen LogP contribution is -2.45. The smallest absolute Gasteiger partial charge is 0.244 e. The number of aromatic nitrogens is 2. The van der Waals surface area contributed by atoms with E-state index in [0.29, 0.717) is 11.0 Å². The third kappa shape index (κ3) is 7.29. The number of amides is 1. The number of nitrogens with one attached hydrogen (secondary N) is 2. The molecule has 0 radical (unpaired) electrons. The Morgan fingerprint density at radius 1 is 1.08 bits per heavy atom. The van der Waals surface area contributed by atoms with Crippen molar-refractivity contribution in [2.24, 2.45) is 0 Å². The summed E-state index contributed by atoms with van der Waals surface area (Å²) < 4.78 is 35.3. The van der Waals surface area contributed by atoms with E-state index in [4.69, 9.17) is 4.42 Å². The molecule has 4 aromatic rings. The molecule has 1 unspecified atom stereocenters. The highest BCUT2D eigenvalue weighted by Gasteiger charge is 2.27. The van der Waals surface area contributed by atoms with Gasteiger partial charge in [0.25, 0.3) is 0 Å². The number of aryl methyl sites for hydroxylation is 2. The Labute approximate surface area is 225 Å². The van der Waals surface area contributed by atoms with Crippen molar-refractivity contribution in [3.05, 3.63) is 89.8 Å². The molecule has 0 fully saturated rings. The molecule has 2 heterocycles. The van der Waals surface area contributed by atoms with Crippen molar-refractivity contribution >= 4 is 44.2 Å². The molecule has 2 aromatic heterocycles. The number of hydrogen-bond acceptors (Lipinski definition) is 8. The largest absolute Gasteiger partial charge is 0.445 e. The van der Waals surface area contributed by atoms with Crippen LogP contribution in [-0.2, 0) is 27.7 Å². The predicted molar refractivity (Wildman–Crippen MR) is 146 cm³/mol. The minimum absolute atomic E-state index is 0.0311. The lowest BCUT2D eigenvalue weighted by molar-refractivity contribution is -0.117. The number of anilines is 1. The molecule has 8 nitrogen and oxygen atoms in total. The van der Waals surface area contributed by atoms with Gasteiger partial charge in [-0.2, -0.15) is 4.72 Å². The third-order valence-corrected chi connectivity index (χ3v) is 9.13. The number of thiazole rings is 1. The van der Waals surface area contributed by atoms with E-state index in [1.165, 1.54) is 35.2 Å². The van der Waals surface area contributed by atoms with Gasteiger partial charge < -0.3 is 9.73 Å². The zero-order chi connectivity index (χ0) is 26.4. The Hall–Kier alpha value is -2.99. The summed E-state index contributed by atoms with van der Waals surface area (Å²) in [6, 6.07) is 14.7. The van der Waals surface area contributed by atoms with Crippen molar-refractivity contribution in [2.45, 2.75) is 54.0 Å². The van der Waals surface area contributed by atoms with E-state index in [-0.39, 0.29) is 16.6 Å². The molecule has 11 heteroatoms.